The maximum atomic E-state index is 13.0. The predicted molar refractivity (Wildman–Crippen MR) is 232 cm³/mol. The number of carbonyl (C=O) groups excluding carboxylic acids is 4. The molecule has 4 rings (SSSR count). The van der Waals surface area contributed by atoms with Crippen molar-refractivity contribution in [2.75, 3.05) is 26.4 Å². The highest BCUT2D eigenvalue weighted by Gasteiger charge is 2.12. The zero-order valence-electron chi connectivity index (χ0n) is 32.9. The lowest BCUT2D eigenvalue weighted by Gasteiger charge is -2.08. The van der Waals surface area contributed by atoms with Crippen molar-refractivity contribution in [1.29, 1.82) is 0 Å². The van der Waals surface area contributed by atoms with Crippen LogP contribution in [0.25, 0.3) is 0 Å². The summed E-state index contributed by atoms with van der Waals surface area (Å²) in [6.07, 6.45) is 6.44. The number of thioether (sulfide) groups is 2. The Morgan fingerprint density at radius 3 is 1.16 bits per heavy atom. The summed E-state index contributed by atoms with van der Waals surface area (Å²) in [5, 5.41) is 9.08. The topological polar surface area (TPSA) is 130 Å². The molecule has 0 heterocycles. The van der Waals surface area contributed by atoms with Gasteiger partial charge in [0.25, 0.3) is 0 Å². The molecular formula is C46H48N2O8S2. The molecule has 4 aromatic rings. The maximum Gasteiger partial charge on any atom is 0.330 e. The molecule has 12 heteroatoms. The number of rotatable bonds is 23. The van der Waals surface area contributed by atoms with Crippen molar-refractivity contribution in [1.82, 2.24) is 0 Å². The first-order chi connectivity index (χ1) is 28.2. The highest BCUT2D eigenvalue weighted by Crippen LogP contribution is 2.27. The zero-order chi connectivity index (χ0) is 41.5. The van der Waals surface area contributed by atoms with E-state index in [0.717, 1.165) is 80.9 Å². The van der Waals surface area contributed by atoms with E-state index in [2.05, 4.69) is 23.4 Å². The Labute approximate surface area is 348 Å². The van der Waals surface area contributed by atoms with E-state index < -0.39 is 11.9 Å². The summed E-state index contributed by atoms with van der Waals surface area (Å²) in [6.45, 7) is 12.4. The lowest BCUT2D eigenvalue weighted by Crippen LogP contribution is -2.04. The van der Waals surface area contributed by atoms with Crippen molar-refractivity contribution in [3.05, 3.63) is 145 Å². The molecule has 0 unspecified atom stereocenters. The van der Waals surface area contributed by atoms with Crippen molar-refractivity contribution in [3.63, 3.8) is 0 Å². The van der Waals surface area contributed by atoms with Crippen LogP contribution in [0, 0.1) is 0 Å². The summed E-state index contributed by atoms with van der Waals surface area (Å²) in [5.41, 5.74) is 4.63. The van der Waals surface area contributed by atoms with Crippen LogP contribution >= 0.6 is 23.5 Å². The van der Waals surface area contributed by atoms with E-state index in [4.69, 9.17) is 18.9 Å². The fraction of sp³-hybridized carbons (Fsp3) is 0.261. The van der Waals surface area contributed by atoms with Crippen LogP contribution in [0.1, 0.15) is 84.2 Å². The van der Waals surface area contributed by atoms with Crippen molar-refractivity contribution >= 4 is 57.1 Å². The second-order valence-electron chi connectivity index (χ2n) is 12.5. The van der Waals surface area contributed by atoms with E-state index in [-0.39, 0.29) is 10.2 Å². The lowest BCUT2D eigenvalue weighted by atomic mass is 10.1. The van der Waals surface area contributed by atoms with Gasteiger partial charge in [-0.15, -0.1) is 0 Å². The van der Waals surface area contributed by atoms with Gasteiger partial charge in [-0.1, -0.05) is 51.3 Å². The summed E-state index contributed by atoms with van der Waals surface area (Å²) < 4.78 is 21.4. The van der Waals surface area contributed by atoms with Crippen molar-refractivity contribution in [3.8, 4) is 11.5 Å². The van der Waals surface area contributed by atoms with Crippen LogP contribution in [0.3, 0.4) is 0 Å². The Balaban J connectivity index is 1.25. The van der Waals surface area contributed by atoms with E-state index in [1.807, 2.05) is 62.4 Å². The molecule has 4 aromatic carbocycles. The fourth-order valence-corrected chi connectivity index (χ4v) is 6.66. The quantitative estimate of drug-likeness (QED) is 0.0178. The van der Waals surface area contributed by atoms with E-state index in [9.17, 15) is 19.2 Å². The molecule has 0 saturated carbocycles. The summed E-state index contributed by atoms with van der Waals surface area (Å²) in [5.74, 6) is 0.467. The lowest BCUT2D eigenvalue weighted by molar-refractivity contribution is -0.138. The SMILES string of the molecule is C=CC(=O)OCCCCOc1ccc(C(=O)Sc2ccc(C(CC)=NN=C(CC)c3ccc(SC(=O)c4ccc(OCCCCOC(=O)C=C)cc4)cc3)cc2)cc1. The number of ether oxygens (including phenoxy) is 4. The summed E-state index contributed by atoms with van der Waals surface area (Å²) in [6, 6.07) is 29.5. The number of nitrogens with zero attached hydrogens (tertiary/aromatic N) is 2. The zero-order valence-corrected chi connectivity index (χ0v) is 34.5. The average Bonchev–Trinajstić information content (AvgIpc) is 3.25. The van der Waals surface area contributed by atoms with Gasteiger partial charge in [0.2, 0.25) is 10.2 Å². The van der Waals surface area contributed by atoms with Gasteiger partial charge in [0, 0.05) is 33.1 Å². The number of hydrogen-bond donors (Lipinski definition) is 0. The van der Waals surface area contributed by atoms with Gasteiger partial charge in [0.1, 0.15) is 11.5 Å². The molecule has 302 valence electrons. The van der Waals surface area contributed by atoms with E-state index in [0.29, 0.717) is 74.7 Å². The highest BCUT2D eigenvalue weighted by atomic mass is 32.2. The van der Waals surface area contributed by atoms with E-state index in [1.165, 1.54) is 0 Å². The monoisotopic (exact) mass is 820 g/mol. The smallest absolute Gasteiger partial charge is 0.330 e. The minimum Gasteiger partial charge on any atom is -0.494 e. The summed E-state index contributed by atoms with van der Waals surface area (Å²) >= 11 is 2.31. The van der Waals surface area contributed by atoms with Crippen LogP contribution < -0.4 is 9.47 Å². The van der Waals surface area contributed by atoms with Gasteiger partial charge in [0.15, 0.2) is 0 Å². The van der Waals surface area contributed by atoms with Gasteiger partial charge in [0.05, 0.1) is 37.9 Å². The van der Waals surface area contributed by atoms with Crippen LogP contribution in [-0.2, 0) is 19.1 Å². The molecule has 0 fully saturated rings. The van der Waals surface area contributed by atoms with Crippen LogP contribution in [0.4, 0.5) is 0 Å². The van der Waals surface area contributed by atoms with Crippen LogP contribution in [0.15, 0.2) is 142 Å². The first-order valence-electron chi connectivity index (χ1n) is 19.1. The molecule has 0 spiro atoms. The molecule has 58 heavy (non-hydrogen) atoms. The summed E-state index contributed by atoms with van der Waals surface area (Å²) in [4.78, 5) is 49.8. The molecule has 0 N–H and O–H groups in total. The van der Waals surface area contributed by atoms with Gasteiger partial charge in [-0.05, 0) is 146 Å². The molecule has 0 bridgehead atoms. The van der Waals surface area contributed by atoms with Crippen LogP contribution in [-0.4, -0.2) is 60.0 Å². The number of carbonyl (C=O) groups is 4. The fourth-order valence-electron chi connectivity index (χ4n) is 5.17. The van der Waals surface area contributed by atoms with Crippen molar-refractivity contribution in [2.24, 2.45) is 10.2 Å². The molecule has 0 aliphatic heterocycles. The Bertz CT molecular complexity index is 1890. The number of hydrogen-bond acceptors (Lipinski definition) is 12. The van der Waals surface area contributed by atoms with Crippen molar-refractivity contribution in [2.45, 2.75) is 62.2 Å². The molecule has 0 radical (unpaired) electrons. The predicted octanol–water partition coefficient (Wildman–Crippen LogP) is 10.3. The molecule has 0 amide bonds. The highest BCUT2D eigenvalue weighted by molar-refractivity contribution is 8.14. The third-order valence-corrected chi connectivity index (χ3v) is 10.2. The van der Waals surface area contributed by atoms with E-state index >= 15 is 0 Å². The standard InChI is InChI=1S/C46H48N2O8S2/c1-5-41(33-17-25-39(26-18-33)57-45(51)35-13-21-37(22-14-35)53-29-9-11-31-55-43(49)7-3)47-48-42(6-2)34-19-27-40(28-20-34)58-46(52)36-15-23-38(24-16-36)54-30-10-12-32-56-44(50)8-4/h7-8,13-28H,3-6,9-12,29-32H2,1-2H3. The van der Waals surface area contributed by atoms with Crippen LogP contribution in [0.2, 0.25) is 0 Å². The number of esters is 2. The second kappa shape index (κ2) is 24.8. The second-order valence-corrected chi connectivity index (χ2v) is 14.6. The van der Waals surface area contributed by atoms with Crippen molar-refractivity contribution < 1.29 is 38.1 Å². The normalized spacial score (nSPS) is 11.3. The molecular weight excluding hydrogens is 773 g/mol. The number of unbranched alkanes of at least 4 members (excludes halogenated alkanes) is 2. The van der Waals surface area contributed by atoms with Gasteiger partial charge < -0.3 is 18.9 Å². The minimum absolute atomic E-state index is 0.0750. The molecule has 0 atom stereocenters. The van der Waals surface area contributed by atoms with Gasteiger partial charge in [-0.2, -0.15) is 10.2 Å². The third kappa shape index (κ3) is 15.3. The van der Waals surface area contributed by atoms with Gasteiger partial charge in [-0.3, -0.25) is 9.59 Å². The largest absolute Gasteiger partial charge is 0.494 e. The maximum absolute atomic E-state index is 13.0. The Morgan fingerprint density at radius 1 is 0.500 bits per heavy atom. The molecule has 0 aliphatic rings. The third-order valence-electron chi connectivity index (χ3n) is 8.37. The molecule has 10 nitrogen and oxygen atoms in total. The van der Waals surface area contributed by atoms with Gasteiger partial charge in [-0.25, -0.2) is 9.59 Å². The number of benzene rings is 4. The van der Waals surface area contributed by atoms with Crippen LogP contribution in [0.5, 0.6) is 11.5 Å². The first kappa shape index (κ1) is 45.0. The molecule has 0 saturated heterocycles. The molecule has 0 aromatic heterocycles. The Morgan fingerprint density at radius 2 is 0.828 bits per heavy atom. The average molecular weight is 821 g/mol. The Hall–Kier alpha value is -5.72. The minimum atomic E-state index is -0.432. The summed E-state index contributed by atoms with van der Waals surface area (Å²) in [7, 11) is 0. The van der Waals surface area contributed by atoms with Gasteiger partial charge >= 0.3 is 11.9 Å². The Kier molecular flexibility index (Phi) is 19.2. The first-order valence-corrected chi connectivity index (χ1v) is 20.7. The van der Waals surface area contributed by atoms with E-state index in [1.54, 1.807) is 48.5 Å². The molecule has 0 aliphatic carbocycles.